The molecule has 0 aliphatic rings. The molecule has 134 valence electrons. The minimum absolute atomic E-state index is 0.262. The third-order valence-corrected chi connectivity index (χ3v) is 4.55. The average molecular weight is 367 g/mol. The van der Waals surface area contributed by atoms with Crippen molar-refractivity contribution in [3.63, 3.8) is 0 Å². The number of nitrogens with one attached hydrogen (secondary N) is 2. The highest BCUT2D eigenvalue weighted by molar-refractivity contribution is 7.14. The van der Waals surface area contributed by atoms with Crippen molar-refractivity contribution in [3.8, 4) is 5.75 Å². The maximum Gasteiger partial charge on any atom is 0.275 e. The number of carbonyl (C=O) groups excluding carboxylic acids is 1. The number of nitrogens with zero attached hydrogens (tertiary/aromatic N) is 1. The standard InChI is InChI=1S/C20H21N3O2S/c1-4-25-18-8-6-5-7-16(18)21-19(24)17-12-26-20(23-17)22-15-10-9-13(2)11-14(15)3/h5-12H,4H2,1-3H3,(H,21,24)(H,22,23). The molecule has 0 radical (unpaired) electrons. The van der Waals surface area contributed by atoms with Crippen molar-refractivity contribution in [2.75, 3.05) is 17.2 Å². The fourth-order valence-electron chi connectivity index (χ4n) is 2.54. The summed E-state index contributed by atoms with van der Waals surface area (Å²) in [4.78, 5) is 16.9. The molecular weight excluding hydrogens is 346 g/mol. The second-order valence-electron chi connectivity index (χ2n) is 5.86. The SMILES string of the molecule is CCOc1ccccc1NC(=O)c1csc(Nc2ccc(C)cc2C)n1. The molecule has 1 amide bonds. The van der Waals surface area contributed by atoms with E-state index in [0.29, 0.717) is 28.9 Å². The topological polar surface area (TPSA) is 63.2 Å². The van der Waals surface area contributed by atoms with Gasteiger partial charge in [-0.1, -0.05) is 29.8 Å². The van der Waals surface area contributed by atoms with Crippen LogP contribution in [0, 0.1) is 13.8 Å². The molecular formula is C20H21N3O2S. The molecule has 0 unspecified atom stereocenters. The lowest BCUT2D eigenvalue weighted by atomic mass is 10.1. The van der Waals surface area contributed by atoms with Crippen LogP contribution in [0.3, 0.4) is 0 Å². The van der Waals surface area contributed by atoms with Crippen molar-refractivity contribution in [2.45, 2.75) is 20.8 Å². The third-order valence-electron chi connectivity index (χ3n) is 3.80. The molecule has 0 aliphatic heterocycles. The molecule has 0 spiro atoms. The lowest BCUT2D eigenvalue weighted by molar-refractivity contribution is 0.102. The van der Waals surface area contributed by atoms with Crippen LogP contribution in [-0.2, 0) is 0 Å². The van der Waals surface area contributed by atoms with Gasteiger partial charge in [-0.05, 0) is 44.5 Å². The van der Waals surface area contributed by atoms with E-state index >= 15 is 0 Å². The number of aromatic nitrogens is 1. The molecule has 1 heterocycles. The molecule has 0 saturated heterocycles. The molecule has 0 aliphatic carbocycles. The van der Waals surface area contributed by atoms with E-state index in [2.05, 4.69) is 28.6 Å². The first-order chi connectivity index (χ1) is 12.6. The number of anilines is 3. The van der Waals surface area contributed by atoms with E-state index in [-0.39, 0.29) is 5.91 Å². The highest BCUT2D eigenvalue weighted by Gasteiger charge is 2.14. The number of hydrogen-bond acceptors (Lipinski definition) is 5. The number of carbonyl (C=O) groups is 1. The van der Waals surface area contributed by atoms with E-state index in [9.17, 15) is 4.79 Å². The molecule has 3 aromatic rings. The van der Waals surface area contributed by atoms with Gasteiger partial charge in [0, 0.05) is 11.1 Å². The van der Waals surface area contributed by atoms with E-state index < -0.39 is 0 Å². The second-order valence-corrected chi connectivity index (χ2v) is 6.72. The highest BCUT2D eigenvalue weighted by atomic mass is 32.1. The molecule has 1 aromatic heterocycles. The van der Waals surface area contributed by atoms with Gasteiger partial charge < -0.3 is 15.4 Å². The number of hydrogen-bond donors (Lipinski definition) is 2. The number of benzene rings is 2. The molecule has 26 heavy (non-hydrogen) atoms. The number of aryl methyl sites for hydroxylation is 2. The van der Waals surface area contributed by atoms with Gasteiger partial charge in [0.15, 0.2) is 5.13 Å². The Bertz CT molecular complexity index is 921. The van der Waals surface area contributed by atoms with Crippen LogP contribution in [0.4, 0.5) is 16.5 Å². The summed E-state index contributed by atoms with van der Waals surface area (Å²) in [7, 11) is 0. The smallest absolute Gasteiger partial charge is 0.275 e. The summed E-state index contributed by atoms with van der Waals surface area (Å²) >= 11 is 1.40. The average Bonchev–Trinajstić information content (AvgIpc) is 3.08. The number of rotatable bonds is 6. The Morgan fingerprint density at radius 1 is 1.15 bits per heavy atom. The molecule has 2 aromatic carbocycles. The van der Waals surface area contributed by atoms with Crippen LogP contribution < -0.4 is 15.4 Å². The number of thiazole rings is 1. The monoisotopic (exact) mass is 367 g/mol. The summed E-state index contributed by atoms with van der Waals surface area (Å²) in [6.07, 6.45) is 0. The van der Waals surface area contributed by atoms with Gasteiger partial charge in [0.05, 0.1) is 12.3 Å². The zero-order chi connectivity index (χ0) is 18.5. The van der Waals surface area contributed by atoms with Crippen molar-refractivity contribution < 1.29 is 9.53 Å². The molecule has 0 bridgehead atoms. The zero-order valence-electron chi connectivity index (χ0n) is 15.0. The summed E-state index contributed by atoms with van der Waals surface area (Å²) in [5.74, 6) is 0.384. The number of amides is 1. The number of para-hydroxylation sites is 2. The Morgan fingerprint density at radius 3 is 2.73 bits per heavy atom. The van der Waals surface area contributed by atoms with Crippen LogP contribution in [0.15, 0.2) is 47.8 Å². The van der Waals surface area contributed by atoms with Crippen LogP contribution in [0.1, 0.15) is 28.5 Å². The summed E-state index contributed by atoms with van der Waals surface area (Å²) in [6, 6.07) is 13.5. The van der Waals surface area contributed by atoms with Crippen LogP contribution in [0.5, 0.6) is 5.75 Å². The minimum atomic E-state index is -0.262. The fourth-order valence-corrected chi connectivity index (χ4v) is 3.25. The summed E-state index contributed by atoms with van der Waals surface area (Å²) in [5, 5.41) is 8.55. The van der Waals surface area contributed by atoms with Crippen LogP contribution >= 0.6 is 11.3 Å². The Hall–Kier alpha value is -2.86. The van der Waals surface area contributed by atoms with E-state index in [1.54, 1.807) is 5.38 Å². The fraction of sp³-hybridized carbons (Fsp3) is 0.200. The van der Waals surface area contributed by atoms with Gasteiger partial charge in [-0.25, -0.2) is 4.98 Å². The van der Waals surface area contributed by atoms with Crippen molar-refractivity contribution in [2.24, 2.45) is 0 Å². The molecule has 0 atom stereocenters. The Morgan fingerprint density at radius 2 is 1.96 bits per heavy atom. The maximum atomic E-state index is 12.5. The largest absolute Gasteiger partial charge is 0.492 e. The lowest BCUT2D eigenvalue weighted by Crippen LogP contribution is -2.13. The number of ether oxygens (including phenoxy) is 1. The van der Waals surface area contributed by atoms with E-state index in [1.807, 2.05) is 50.2 Å². The van der Waals surface area contributed by atoms with Gasteiger partial charge in [-0.3, -0.25) is 4.79 Å². The Kier molecular flexibility index (Phi) is 5.53. The van der Waals surface area contributed by atoms with Crippen molar-refractivity contribution in [1.82, 2.24) is 4.98 Å². The molecule has 0 fully saturated rings. The Labute approximate surface area is 157 Å². The molecule has 2 N–H and O–H groups in total. The van der Waals surface area contributed by atoms with E-state index in [1.165, 1.54) is 16.9 Å². The first-order valence-electron chi connectivity index (χ1n) is 8.40. The highest BCUT2D eigenvalue weighted by Crippen LogP contribution is 2.27. The van der Waals surface area contributed by atoms with E-state index in [4.69, 9.17) is 4.74 Å². The summed E-state index contributed by atoms with van der Waals surface area (Å²) < 4.78 is 5.54. The van der Waals surface area contributed by atoms with E-state index in [0.717, 1.165) is 11.3 Å². The zero-order valence-corrected chi connectivity index (χ0v) is 15.8. The predicted octanol–water partition coefficient (Wildman–Crippen LogP) is 5.15. The molecule has 0 saturated carbocycles. The lowest BCUT2D eigenvalue weighted by Gasteiger charge is -2.10. The predicted molar refractivity (Wildman–Crippen MR) is 107 cm³/mol. The molecule has 5 nitrogen and oxygen atoms in total. The minimum Gasteiger partial charge on any atom is -0.492 e. The first kappa shape index (κ1) is 17.9. The van der Waals surface area contributed by atoms with Crippen LogP contribution in [-0.4, -0.2) is 17.5 Å². The quantitative estimate of drug-likeness (QED) is 0.632. The summed E-state index contributed by atoms with van der Waals surface area (Å²) in [6.45, 7) is 6.54. The van der Waals surface area contributed by atoms with Crippen molar-refractivity contribution in [3.05, 3.63) is 64.7 Å². The van der Waals surface area contributed by atoms with Crippen molar-refractivity contribution in [1.29, 1.82) is 0 Å². The van der Waals surface area contributed by atoms with Gasteiger partial charge >= 0.3 is 0 Å². The second kappa shape index (κ2) is 8.01. The van der Waals surface area contributed by atoms with Crippen LogP contribution in [0.2, 0.25) is 0 Å². The first-order valence-corrected chi connectivity index (χ1v) is 9.27. The van der Waals surface area contributed by atoms with Gasteiger partial charge in [0.25, 0.3) is 5.91 Å². The van der Waals surface area contributed by atoms with Crippen molar-refractivity contribution >= 4 is 33.8 Å². The molecule has 3 rings (SSSR count). The van der Waals surface area contributed by atoms with Gasteiger partial charge in [0.2, 0.25) is 0 Å². The van der Waals surface area contributed by atoms with Gasteiger partial charge in [-0.2, -0.15) is 0 Å². The molecule has 6 heteroatoms. The van der Waals surface area contributed by atoms with Gasteiger partial charge in [-0.15, -0.1) is 11.3 Å². The summed E-state index contributed by atoms with van der Waals surface area (Å²) in [5.41, 5.74) is 4.33. The normalized spacial score (nSPS) is 10.4. The maximum absolute atomic E-state index is 12.5. The van der Waals surface area contributed by atoms with Gasteiger partial charge in [0.1, 0.15) is 11.4 Å². The Balaban J connectivity index is 1.72. The third kappa shape index (κ3) is 4.21. The van der Waals surface area contributed by atoms with Crippen LogP contribution in [0.25, 0.3) is 0 Å².